The Morgan fingerprint density at radius 2 is 2.21 bits per heavy atom. The van der Waals surface area contributed by atoms with Crippen molar-refractivity contribution in [3.8, 4) is 5.75 Å². The van der Waals surface area contributed by atoms with Crippen LogP contribution in [0.3, 0.4) is 0 Å². The van der Waals surface area contributed by atoms with Crippen LogP contribution >= 0.6 is 0 Å². The summed E-state index contributed by atoms with van der Waals surface area (Å²) in [5, 5.41) is 8.22. The van der Waals surface area contributed by atoms with Crippen LogP contribution in [0.25, 0.3) is 6.08 Å². The van der Waals surface area contributed by atoms with Gasteiger partial charge >= 0.3 is 0 Å². The van der Waals surface area contributed by atoms with Crippen molar-refractivity contribution in [2.24, 2.45) is 0 Å². The highest BCUT2D eigenvalue weighted by molar-refractivity contribution is 5.57. The van der Waals surface area contributed by atoms with Gasteiger partial charge in [0.2, 0.25) is 0 Å². The van der Waals surface area contributed by atoms with Crippen LogP contribution in [0.15, 0.2) is 30.3 Å². The molecule has 1 aromatic heterocycles. The molecule has 1 unspecified atom stereocenters. The molecule has 0 aliphatic carbocycles. The van der Waals surface area contributed by atoms with Gasteiger partial charge in [-0.1, -0.05) is 44.2 Å². The highest BCUT2D eigenvalue weighted by atomic mass is 16.5. The van der Waals surface area contributed by atoms with Gasteiger partial charge in [-0.25, -0.2) is 9.67 Å². The summed E-state index contributed by atoms with van der Waals surface area (Å²) in [4.78, 5) is 4.64. The largest absolute Gasteiger partial charge is 0.496 e. The molecule has 0 saturated carbocycles. The zero-order valence-corrected chi connectivity index (χ0v) is 14.7. The normalized spacial score (nSPS) is 17.4. The molecule has 2 heterocycles. The molecule has 0 bridgehead atoms. The lowest BCUT2D eigenvalue weighted by molar-refractivity contribution is 0.369. The van der Waals surface area contributed by atoms with E-state index >= 15 is 0 Å². The van der Waals surface area contributed by atoms with Crippen molar-refractivity contribution in [1.29, 1.82) is 0 Å². The van der Waals surface area contributed by atoms with Gasteiger partial charge < -0.3 is 10.1 Å². The number of nitrogens with one attached hydrogen (secondary N) is 1. The average molecular weight is 326 g/mol. The van der Waals surface area contributed by atoms with E-state index in [1.165, 1.54) is 0 Å². The molecule has 3 rings (SSSR count). The fraction of sp³-hybridized carbons (Fsp3) is 0.474. The standard InChI is InChI=1S/C19H26N4O/c1-14(2)19-21-18-11-10-16(13-23(18)22-19)20-12-6-8-15-7-4-5-9-17(15)24-3/h4-9,14,16,20H,10-13H2,1-3H3. The van der Waals surface area contributed by atoms with E-state index in [-0.39, 0.29) is 0 Å². The summed E-state index contributed by atoms with van der Waals surface area (Å²) in [5.41, 5.74) is 1.10. The Kier molecular flexibility index (Phi) is 5.30. The Bertz CT molecular complexity index is 705. The predicted molar refractivity (Wildman–Crippen MR) is 96.3 cm³/mol. The minimum Gasteiger partial charge on any atom is -0.496 e. The van der Waals surface area contributed by atoms with Crippen LogP contribution in [-0.4, -0.2) is 34.5 Å². The summed E-state index contributed by atoms with van der Waals surface area (Å²) in [5.74, 6) is 3.38. The van der Waals surface area contributed by atoms with E-state index in [1.807, 2.05) is 18.2 Å². The summed E-state index contributed by atoms with van der Waals surface area (Å²) in [6, 6.07) is 8.49. The second-order valence-electron chi connectivity index (χ2n) is 6.51. The molecular weight excluding hydrogens is 300 g/mol. The van der Waals surface area contributed by atoms with E-state index in [4.69, 9.17) is 4.74 Å². The van der Waals surface area contributed by atoms with E-state index < -0.39 is 0 Å². The van der Waals surface area contributed by atoms with Gasteiger partial charge in [0.05, 0.1) is 13.7 Å². The van der Waals surface area contributed by atoms with Crippen molar-refractivity contribution >= 4 is 6.08 Å². The number of aryl methyl sites for hydroxylation is 1. The number of nitrogens with zero attached hydrogens (tertiary/aromatic N) is 3. The monoisotopic (exact) mass is 326 g/mol. The lowest BCUT2D eigenvalue weighted by Gasteiger charge is -2.23. The van der Waals surface area contributed by atoms with Gasteiger partial charge in [-0.15, -0.1) is 0 Å². The summed E-state index contributed by atoms with van der Waals surface area (Å²) in [7, 11) is 1.70. The predicted octanol–water partition coefficient (Wildman–Crippen LogP) is 3.03. The molecule has 1 aliphatic rings. The van der Waals surface area contributed by atoms with E-state index in [9.17, 15) is 0 Å². The fourth-order valence-corrected chi connectivity index (χ4v) is 2.96. The summed E-state index contributed by atoms with van der Waals surface area (Å²) in [6.07, 6.45) is 6.35. The third-order valence-electron chi connectivity index (χ3n) is 4.35. The number of benzene rings is 1. The Labute approximate surface area is 143 Å². The fourth-order valence-electron chi connectivity index (χ4n) is 2.96. The zero-order chi connectivity index (χ0) is 16.9. The van der Waals surface area contributed by atoms with Crippen LogP contribution in [0.1, 0.15) is 43.4 Å². The highest BCUT2D eigenvalue weighted by Crippen LogP contribution is 2.19. The van der Waals surface area contributed by atoms with Crippen LogP contribution in [0.4, 0.5) is 0 Å². The van der Waals surface area contributed by atoms with Gasteiger partial charge in [-0.3, -0.25) is 0 Å². The Morgan fingerprint density at radius 3 is 3.00 bits per heavy atom. The van der Waals surface area contributed by atoms with Gasteiger partial charge in [0.1, 0.15) is 11.6 Å². The minimum atomic E-state index is 0.387. The number of aromatic nitrogens is 3. The molecule has 2 aromatic rings. The first-order chi connectivity index (χ1) is 11.7. The van der Waals surface area contributed by atoms with Gasteiger partial charge in [-0.2, -0.15) is 5.10 Å². The summed E-state index contributed by atoms with van der Waals surface area (Å²) >= 11 is 0. The van der Waals surface area contributed by atoms with E-state index in [0.29, 0.717) is 12.0 Å². The Morgan fingerprint density at radius 1 is 1.38 bits per heavy atom. The third-order valence-corrected chi connectivity index (χ3v) is 4.35. The maximum Gasteiger partial charge on any atom is 0.153 e. The molecule has 1 aromatic carbocycles. The first kappa shape index (κ1) is 16.7. The quantitative estimate of drug-likeness (QED) is 0.886. The minimum absolute atomic E-state index is 0.387. The molecule has 24 heavy (non-hydrogen) atoms. The van der Waals surface area contributed by atoms with Crippen LogP contribution in [0.2, 0.25) is 0 Å². The number of hydrogen-bond donors (Lipinski definition) is 1. The second-order valence-corrected chi connectivity index (χ2v) is 6.51. The molecule has 5 nitrogen and oxygen atoms in total. The molecule has 0 fully saturated rings. The molecular formula is C19H26N4O. The molecule has 5 heteroatoms. The number of fused-ring (bicyclic) bond motifs is 1. The molecule has 1 atom stereocenters. The molecule has 0 radical (unpaired) electrons. The topological polar surface area (TPSA) is 52.0 Å². The van der Waals surface area contributed by atoms with Crippen molar-refractivity contribution in [3.63, 3.8) is 0 Å². The summed E-state index contributed by atoms with van der Waals surface area (Å²) in [6.45, 7) is 6.01. The highest BCUT2D eigenvalue weighted by Gasteiger charge is 2.21. The number of para-hydroxylation sites is 1. The third kappa shape index (κ3) is 3.85. The average Bonchev–Trinajstić information content (AvgIpc) is 3.02. The van der Waals surface area contributed by atoms with Gasteiger partial charge in [-0.05, 0) is 12.5 Å². The first-order valence-corrected chi connectivity index (χ1v) is 8.64. The Balaban J connectivity index is 1.53. The van der Waals surface area contributed by atoms with Gasteiger partial charge in [0, 0.05) is 30.5 Å². The maximum atomic E-state index is 5.36. The van der Waals surface area contributed by atoms with Gasteiger partial charge in [0.15, 0.2) is 5.82 Å². The lowest BCUT2D eigenvalue weighted by Crippen LogP contribution is -2.37. The number of rotatable bonds is 6. The zero-order valence-electron chi connectivity index (χ0n) is 14.7. The number of hydrogen-bond acceptors (Lipinski definition) is 4. The smallest absolute Gasteiger partial charge is 0.153 e. The molecule has 1 N–H and O–H groups in total. The van der Waals surface area contributed by atoms with E-state index in [2.05, 4.69) is 52.1 Å². The number of ether oxygens (including phenoxy) is 1. The maximum absolute atomic E-state index is 5.36. The first-order valence-electron chi connectivity index (χ1n) is 8.64. The Hall–Kier alpha value is -2.14. The number of methoxy groups -OCH3 is 1. The van der Waals surface area contributed by atoms with Crippen LogP contribution < -0.4 is 10.1 Å². The van der Waals surface area contributed by atoms with Crippen molar-refractivity contribution in [2.45, 2.75) is 45.2 Å². The summed E-state index contributed by atoms with van der Waals surface area (Å²) < 4.78 is 7.43. The van der Waals surface area contributed by atoms with Crippen molar-refractivity contribution in [2.75, 3.05) is 13.7 Å². The lowest BCUT2D eigenvalue weighted by atomic mass is 10.1. The van der Waals surface area contributed by atoms with Crippen molar-refractivity contribution in [1.82, 2.24) is 20.1 Å². The second kappa shape index (κ2) is 7.62. The SMILES string of the molecule is COc1ccccc1C=CCNC1CCc2nc(C(C)C)nn2C1. The van der Waals surface area contributed by atoms with Crippen LogP contribution in [0, 0.1) is 0 Å². The molecule has 0 saturated heterocycles. The van der Waals surface area contributed by atoms with Crippen molar-refractivity contribution < 1.29 is 4.74 Å². The van der Waals surface area contributed by atoms with Gasteiger partial charge in [0.25, 0.3) is 0 Å². The molecule has 0 amide bonds. The van der Waals surface area contributed by atoms with Crippen LogP contribution in [0.5, 0.6) is 5.75 Å². The van der Waals surface area contributed by atoms with E-state index in [1.54, 1.807) is 7.11 Å². The molecule has 128 valence electrons. The van der Waals surface area contributed by atoms with E-state index in [0.717, 1.165) is 48.9 Å². The molecule has 0 spiro atoms. The molecule has 1 aliphatic heterocycles. The van der Waals surface area contributed by atoms with Crippen molar-refractivity contribution in [3.05, 3.63) is 47.6 Å². The van der Waals surface area contributed by atoms with Crippen LogP contribution in [-0.2, 0) is 13.0 Å².